The summed E-state index contributed by atoms with van der Waals surface area (Å²) < 4.78 is 4.92. The molecule has 1 unspecified atom stereocenters. The molecule has 2 N–H and O–H groups in total. The van der Waals surface area contributed by atoms with Crippen molar-refractivity contribution < 1.29 is 4.74 Å². The van der Waals surface area contributed by atoms with Crippen LogP contribution in [-0.2, 0) is 4.74 Å². The van der Waals surface area contributed by atoms with Crippen molar-refractivity contribution in [1.82, 2.24) is 0 Å². The molecule has 0 saturated heterocycles. The van der Waals surface area contributed by atoms with E-state index < -0.39 is 0 Å². The minimum Gasteiger partial charge on any atom is -0.383 e. The van der Waals surface area contributed by atoms with E-state index in [0.717, 1.165) is 6.42 Å². The van der Waals surface area contributed by atoms with Gasteiger partial charge in [0.25, 0.3) is 0 Å². The normalized spacial score (nSPS) is 15.3. The van der Waals surface area contributed by atoms with Gasteiger partial charge in [-0.1, -0.05) is 20.8 Å². The van der Waals surface area contributed by atoms with E-state index in [4.69, 9.17) is 10.5 Å². The SMILES string of the molecule is COCC(N)CC(C)(C)C. The molecule has 62 valence electrons. The number of hydrogen-bond acceptors (Lipinski definition) is 2. The van der Waals surface area contributed by atoms with E-state index in [0.29, 0.717) is 12.0 Å². The number of methoxy groups -OCH3 is 1. The fourth-order valence-electron chi connectivity index (χ4n) is 1.06. The fourth-order valence-corrected chi connectivity index (χ4v) is 1.06. The molecule has 2 heteroatoms. The molecule has 10 heavy (non-hydrogen) atoms. The Bertz CT molecular complexity index is 85.7. The number of ether oxygens (including phenoxy) is 1. The summed E-state index contributed by atoms with van der Waals surface area (Å²) in [6, 6.07) is 0.185. The molecule has 0 heterocycles. The summed E-state index contributed by atoms with van der Waals surface area (Å²) in [7, 11) is 1.68. The zero-order chi connectivity index (χ0) is 8.20. The van der Waals surface area contributed by atoms with Gasteiger partial charge in [0, 0.05) is 13.2 Å². The van der Waals surface area contributed by atoms with Crippen LogP contribution in [0.1, 0.15) is 27.2 Å². The third kappa shape index (κ3) is 6.05. The van der Waals surface area contributed by atoms with Crippen molar-refractivity contribution in [2.75, 3.05) is 13.7 Å². The first kappa shape index (κ1) is 9.92. The average Bonchev–Trinajstić information content (AvgIpc) is 1.59. The molecular weight excluding hydrogens is 126 g/mol. The Labute approximate surface area is 63.7 Å². The van der Waals surface area contributed by atoms with Crippen molar-refractivity contribution in [2.24, 2.45) is 11.1 Å². The summed E-state index contributed by atoms with van der Waals surface area (Å²) in [5.74, 6) is 0. The van der Waals surface area contributed by atoms with Crippen molar-refractivity contribution in [3.8, 4) is 0 Å². The molecule has 0 aromatic heterocycles. The van der Waals surface area contributed by atoms with Crippen LogP contribution in [0.4, 0.5) is 0 Å². The van der Waals surface area contributed by atoms with Crippen LogP contribution in [0.2, 0.25) is 0 Å². The number of rotatable bonds is 3. The van der Waals surface area contributed by atoms with Crippen LogP contribution in [0.15, 0.2) is 0 Å². The van der Waals surface area contributed by atoms with Crippen LogP contribution >= 0.6 is 0 Å². The smallest absolute Gasteiger partial charge is 0.0613 e. The van der Waals surface area contributed by atoms with Gasteiger partial charge in [-0.3, -0.25) is 0 Å². The van der Waals surface area contributed by atoms with E-state index >= 15 is 0 Å². The van der Waals surface area contributed by atoms with Gasteiger partial charge in [0.1, 0.15) is 0 Å². The second-order valence-corrected chi connectivity index (χ2v) is 3.98. The monoisotopic (exact) mass is 145 g/mol. The lowest BCUT2D eigenvalue weighted by Gasteiger charge is -2.22. The highest BCUT2D eigenvalue weighted by atomic mass is 16.5. The fraction of sp³-hybridized carbons (Fsp3) is 1.00. The molecular formula is C8H19NO. The molecule has 0 aliphatic heterocycles. The molecule has 0 spiro atoms. The second kappa shape index (κ2) is 3.94. The molecule has 0 aliphatic carbocycles. The predicted octanol–water partition coefficient (Wildman–Crippen LogP) is 1.40. The van der Waals surface area contributed by atoms with Gasteiger partial charge < -0.3 is 10.5 Å². The van der Waals surface area contributed by atoms with Gasteiger partial charge in [-0.25, -0.2) is 0 Å². The van der Waals surface area contributed by atoms with Gasteiger partial charge in [0.05, 0.1) is 6.61 Å². The molecule has 0 amide bonds. The minimum atomic E-state index is 0.185. The summed E-state index contributed by atoms with van der Waals surface area (Å²) in [6.07, 6.45) is 1.01. The first-order chi connectivity index (χ1) is 4.45. The van der Waals surface area contributed by atoms with E-state index in [9.17, 15) is 0 Å². The summed E-state index contributed by atoms with van der Waals surface area (Å²) >= 11 is 0. The van der Waals surface area contributed by atoms with Gasteiger partial charge in [-0.15, -0.1) is 0 Å². The Morgan fingerprint density at radius 3 is 2.20 bits per heavy atom. The molecule has 0 bridgehead atoms. The van der Waals surface area contributed by atoms with Crippen molar-refractivity contribution in [3.63, 3.8) is 0 Å². The summed E-state index contributed by atoms with van der Waals surface area (Å²) in [5, 5.41) is 0. The first-order valence-electron chi connectivity index (χ1n) is 3.70. The Morgan fingerprint density at radius 2 is 1.90 bits per heavy atom. The number of nitrogens with two attached hydrogens (primary N) is 1. The third-order valence-electron chi connectivity index (χ3n) is 1.26. The summed E-state index contributed by atoms with van der Waals surface area (Å²) in [4.78, 5) is 0. The van der Waals surface area contributed by atoms with E-state index in [2.05, 4.69) is 20.8 Å². The topological polar surface area (TPSA) is 35.2 Å². The van der Waals surface area contributed by atoms with Crippen molar-refractivity contribution in [3.05, 3.63) is 0 Å². The van der Waals surface area contributed by atoms with Crippen molar-refractivity contribution in [1.29, 1.82) is 0 Å². The van der Waals surface area contributed by atoms with Crippen LogP contribution in [-0.4, -0.2) is 19.8 Å². The predicted molar refractivity (Wildman–Crippen MR) is 43.9 cm³/mol. The molecule has 0 fully saturated rings. The van der Waals surface area contributed by atoms with Gasteiger partial charge in [-0.05, 0) is 11.8 Å². The highest BCUT2D eigenvalue weighted by molar-refractivity contribution is 4.70. The highest BCUT2D eigenvalue weighted by Gasteiger charge is 2.14. The maximum atomic E-state index is 5.75. The van der Waals surface area contributed by atoms with E-state index in [1.807, 2.05) is 0 Å². The molecule has 1 atom stereocenters. The van der Waals surface area contributed by atoms with Crippen molar-refractivity contribution >= 4 is 0 Å². The number of hydrogen-bond donors (Lipinski definition) is 1. The molecule has 0 radical (unpaired) electrons. The van der Waals surface area contributed by atoms with Gasteiger partial charge >= 0.3 is 0 Å². The Hall–Kier alpha value is -0.0800. The molecule has 0 aliphatic rings. The van der Waals surface area contributed by atoms with E-state index in [1.165, 1.54) is 0 Å². The lowest BCUT2D eigenvalue weighted by atomic mass is 9.89. The van der Waals surface area contributed by atoms with Gasteiger partial charge in [0.2, 0.25) is 0 Å². The minimum absolute atomic E-state index is 0.185. The quantitative estimate of drug-likeness (QED) is 0.651. The van der Waals surface area contributed by atoms with Crippen LogP contribution in [0.25, 0.3) is 0 Å². The zero-order valence-corrected chi connectivity index (χ0v) is 7.48. The van der Waals surface area contributed by atoms with E-state index in [-0.39, 0.29) is 6.04 Å². The van der Waals surface area contributed by atoms with Crippen LogP contribution in [0.3, 0.4) is 0 Å². The summed E-state index contributed by atoms with van der Waals surface area (Å²) in [6.45, 7) is 7.21. The third-order valence-corrected chi connectivity index (χ3v) is 1.26. The maximum absolute atomic E-state index is 5.75. The highest BCUT2D eigenvalue weighted by Crippen LogP contribution is 2.19. The lowest BCUT2D eigenvalue weighted by Crippen LogP contribution is -2.30. The average molecular weight is 145 g/mol. The van der Waals surface area contributed by atoms with Crippen LogP contribution < -0.4 is 5.73 Å². The van der Waals surface area contributed by atoms with Gasteiger partial charge in [0.15, 0.2) is 0 Å². The van der Waals surface area contributed by atoms with Crippen LogP contribution in [0, 0.1) is 5.41 Å². The second-order valence-electron chi connectivity index (χ2n) is 3.98. The van der Waals surface area contributed by atoms with Gasteiger partial charge in [-0.2, -0.15) is 0 Å². The molecule has 0 saturated carbocycles. The Balaban J connectivity index is 3.47. The molecule has 2 nitrogen and oxygen atoms in total. The van der Waals surface area contributed by atoms with E-state index in [1.54, 1.807) is 7.11 Å². The standard InChI is InChI=1S/C8H19NO/c1-8(2,3)5-7(9)6-10-4/h7H,5-6,9H2,1-4H3. The molecule has 0 aromatic rings. The zero-order valence-electron chi connectivity index (χ0n) is 7.48. The largest absolute Gasteiger partial charge is 0.383 e. The Kier molecular flexibility index (Phi) is 3.91. The van der Waals surface area contributed by atoms with Crippen molar-refractivity contribution in [2.45, 2.75) is 33.2 Å². The Morgan fingerprint density at radius 1 is 1.40 bits per heavy atom. The lowest BCUT2D eigenvalue weighted by molar-refractivity contribution is 0.160. The maximum Gasteiger partial charge on any atom is 0.0613 e. The molecule has 0 rings (SSSR count). The van der Waals surface area contributed by atoms with Crippen LogP contribution in [0.5, 0.6) is 0 Å². The molecule has 0 aromatic carbocycles. The first-order valence-corrected chi connectivity index (χ1v) is 3.70. The summed E-state index contributed by atoms with van der Waals surface area (Å²) in [5.41, 5.74) is 6.06.